The number of benzene rings is 2. The third-order valence-corrected chi connectivity index (χ3v) is 7.82. The monoisotopic (exact) mass is 579 g/mol. The fraction of sp³-hybridized carbons (Fsp3) is 0.414. The van der Waals surface area contributed by atoms with Gasteiger partial charge in [-0.3, -0.25) is 19.7 Å². The Morgan fingerprint density at radius 3 is 2.31 bits per heavy atom. The number of phenols is 2. The van der Waals surface area contributed by atoms with Gasteiger partial charge in [0.05, 0.1) is 4.92 Å². The van der Waals surface area contributed by atoms with E-state index in [2.05, 4.69) is 20.7 Å². The van der Waals surface area contributed by atoms with Gasteiger partial charge in [-0.05, 0) is 50.7 Å². The minimum absolute atomic E-state index is 0.00272. The Morgan fingerprint density at radius 2 is 1.67 bits per heavy atom. The standard InChI is InChI=1S/C29H33N5O8/c1-17(35)30-18-2-4-20(5-3-18)33-12-10-19(11-13-33)31-29(38)24-16-27(42-32-24)28-25(37)14-22(36)15-26(28)41-23-8-6-21(7-9-23)34(39)40/h6-9,14-16,18-20,36-37H,2-5,10-13H2,1H3,(H,30,35)(H,31,38). The zero-order chi connectivity index (χ0) is 29.8. The average molecular weight is 580 g/mol. The van der Waals surface area contributed by atoms with E-state index in [1.165, 1.54) is 36.4 Å². The van der Waals surface area contributed by atoms with E-state index in [4.69, 9.17) is 9.26 Å². The van der Waals surface area contributed by atoms with Crippen molar-refractivity contribution in [2.45, 2.75) is 63.6 Å². The number of carbonyl (C=O) groups excluding carboxylic acids is 2. The van der Waals surface area contributed by atoms with E-state index in [0.29, 0.717) is 6.04 Å². The summed E-state index contributed by atoms with van der Waals surface area (Å²) < 4.78 is 11.2. The lowest BCUT2D eigenvalue weighted by Crippen LogP contribution is -2.50. The SMILES string of the molecule is CC(=O)NC1CCC(N2CCC(NC(=O)c3cc(-c4c(O)cc(O)cc4Oc4ccc([N+](=O)[O-])cc4)on3)CC2)CC1. The number of likely N-dealkylation sites (tertiary alicyclic amines) is 1. The van der Waals surface area contributed by atoms with Crippen molar-refractivity contribution < 1.29 is 34.0 Å². The molecule has 1 aliphatic carbocycles. The maximum Gasteiger partial charge on any atom is 0.273 e. The second kappa shape index (κ2) is 12.5. The van der Waals surface area contributed by atoms with Crippen LogP contribution >= 0.6 is 0 Å². The maximum absolute atomic E-state index is 13.0. The number of nitrogens with one attached hydrogen (secondary N) is 2. The number of non-ortho nitro benzene ring substituents is 1. The largest absolute Gasteiger partial charge is 0.508 e. The number of hydrogen-bond acceptors (Lipinski definition) is 10. The second-order valence-electron chi connectivity index (χ2n) is 10.8. The molecule has 1 saturated carbocycles. The third-order valence-electron chi connectivity index (χ3n) is 7.82. The van der Waals surface area contributed by atoms with Crippen molar-refractivity contribution in [3.05, 3.63) is 58.3 Å². The molecule has 0 spiro atoms. The summed E-state index contributed by atoms with van der Waals surface area (Å²) in [6.07, 6.45) is 5.65. The van der Waals surface area contributed by atoms with Crippen LogP contribution in [0, 0.1) is 10.1 Å². The van der Waals surface area contributed by atoms with E-state index in [1.54, 1.807) is 6.92 Å². The molecule has 42 heavy (non-hydrogen) atoms. The van der Waals surface area contributed by atoms with Gasteiger partial charge in [-0.2, -0.15) is 0 Å². The Kier molecular flexibility index (Phi) is 8.57. The van der Waals surface area contributed by atoms with Crippen molar-refractivity contribution in [1.29, 1.82) is 0 Å². The molecule has 4 N–H and O–H groups in total. The summed E-state index contributed by atoms with van der Waals surface area (Å²) in [6.45, 7) is 3.29. The van der Waals surface area contributed by atoms with Crippen molar-refractivity contribution in [3.63, 3.8) is 0 Å². The Balaban J connectivity index is 1.20. The number of rotatable bonds is 8. The quantitative estimate of drug-likeness (QED) is 0.224. The first kappa shape index (κ1) is 28.9. The molecule has 2 aliphatic rings. The van der Waals surface area contributed by atoms with Crippen molar-refractivity contribution >= 4 is 17.5 Å². The maximum atomic E-state index is 13.0. The molecule has 2 heterocycles. The molecule has 1 aromatic heterocycles. The molecule has 2 amide bonds. The van der Waals surface area contributed by atoms with Gasteiger partial charge in [0.15, 0.2) is 11.5 Å². The van der Waals surface area contributed by atoms with Gasteiger partial charge in [-0.15, -0.1) is 0 Å². The number of phenolic OH excluding ortho intramolecular Hbond substituents is 2. The summed E-state index contributed by atoms with van der Waals surface area (Å²) in [6, 6.07) is 9.74. The molecule has 1 saturated heterocycles. The third kappa shape index (κ3) is 6.79. The van der Waals surface area contributed by atoms with Crippen molar-refractivity contribution in [1.82, 2.24) is 20.7 Å². The van der Waals surface area contributed by atoms with Gasteiger partial charge >= 0.3 is 0 Å². The van der Waals surface area contributed by atoms with Crippen LogP contribution in [-0.2, 0) is 4.79 Å². The molecular formula is C29H33N5O8. The molecule has 3 aromatic rings. The number of aromatic nitrogens is 1. The summed E-state index contributed by atoms with van der Waals surface area (Å²) in [4.78, 5) is 37.2. The molecule has 0 bridgehead atoms. The van der Waals surface area contributed by atoms with Crippen LogP contribution in [0.25, 0.3) is 11.3 Å². The van der Waals surface area contributed by atoms with Crippen molar-refractivity contribution in [2.24, 2.45) is 0 Å². The number of nitro benzene ring substituents is 1. The lowest BCUT2D eigenvalue weighted by molar-refractivity contribution is -0.384. The van der Waals surface area contributed by atoms with Gasteiger partial charge in [0, 0.05) is 68.5 Å². The molecular weight excluding hydrogens is 546 g/mol. The number of hydrogen-bond donors (Lipinski definition) is 4. The first-order chi connectivity index (χ1) is 20.2. The predicted molar refractivity (Wildman–Crippen MR) is 150 cm³/mol. The summed E-state index contributed by atoms with van der Waals surface area (Å²) in [5.41, 5.74) is -0.0413. The lowest BCUT2D eigenvalue weighted by Gasteiger charge is -2.41. The van der Waals surface area contributed by atoms with Crippen LogP contribution in [0.2, 0.25) is 0 Å². The molecule has 1 aliphatic heterocycles. The van der Waals surface area contributed by atoms with E-state index >= 15 is 0 Å². The Bertz CT molecular complexity index is 1440. The normalized spacial score (nSPS) is 19.6. The Morgan fingerprint density at radius 1 is 1.00 bits per heavy atom. The number of amides is 2. The highest BCUT2D eigenvalue weighted by Crippen LogP contribution is 2.43. The van der Waals surface area contributed by atoms with Crippen LogP contribution in [0.3, 0.4) is 0 Å². The Hall–Kier alpha value is -4.65. The van der Waals surface area contributed by atoms with Gasteiger partial charge < -0.3 is 35.0 Å². The number of aromatic hydroxyl groups is 2. The molecule has 5 rings (SSSR count). The number of ether oxygens (including phenoxy) is 1. The fourth-order valence-electron chi connectivity index (χ4n) is 5.72. The van der Waals surface area contributed by atoms with E-state index in [1.807, 2.05) is 0 Å². The van der Waals surface area contributed by atoms with Crippen LogP contribution in [0.5, 0.6) is 23.0 Å². The number of carbonyl (C=O) groups is 2. The van der Waals surface area contributed by atoms with Crippen LogP contribution in [-0.4, -0.2) is 68.2 Å². The molecule has 0 atom stereocenters. The van der Waals surface area contributed by atoms with E-state index in [0.717, 1.165) is 57.7 Å². The van der Waals surface area contributed by atoms with Crippen molar-refractivity contribution in [2.75, 3.05) is 13.1 Å². The first-order valence-corrected chi connectivity index (χ1v) is 13.9. The average Bonchev–Trinajstić information content (AvgIpc) is 3.43. The van der Waals surface area contributed by atoms with Crippen LogP contribution in [0.4, 0.5) is 5.69 Å². The van der Waals surface area contributed by atoms with Gasteiger partial charge in [-0.1, -0.05) is 5.16 Å². The number of nitro groups is 1. The zero-order valence-electron chi connectivity index (χ0n) is 23.1. The summed E-state index contributed by atoms with van der Waals surface area (Å²) in [5.74, 6) is -0.773. The highest BCUT2D eigenvalue weighted by atomic mass is 16.6. The lowest BCUT2D eigenvalue weighted by atomic mass is 9.88. The highest BCUT2D eigenvalue weighted by Gasteiger charge is 2.30. The van der Waals surface area contributed by atoms with E-state index < -0.39 is 10.8 Å². The fourth-order valence-corrected chi connectivity index (χ4v) is 5.72. The van der Waals surface area contributed by atoms with Gasteiger partial charge in [0.1, 0.15) is 28.6 Å². The summed E-state index contributed by atoms with van der Waals surface area (Å²) in [5, 5.41) is 41.4. The predicted octanol–water partition coefficient (Wildman–Crippen LogP) is 4.09. The topological polar surface area (TPSA) is 180 Å². The summed E-state index contributed by atoms with van der Waals surface area (Å²) in [7, 11) is 0. The van der Waals surface area contributed by atoms with Gasteiger partial charge in [-0.25, -0.2) is 0 Å². The minimum Gasteiger partial charge on any atom is -0.508 e. The van der Waals surface area contributed by atoms with Crippen LogP contribution < -0.4 is 15.4 Å². The van der Waals surface area contributed by atoms with Gasteiger partial charge in [0.25, 0.3) is 11.6 Å². The summed E-state index contributed by atoms with van der Waals surface area (Å²) >= 11 is 0. The van der Waals surface area contributed by atoms with Crippen LogP contribution in [0.15, 0.2) is 47.0 Å². The highest BCUT2D eigenvalue weighted by molar-refractivity contribution is 5.93. The molecule has 13 nitrogen and oxygen atoms in total. The minimum atomic E-state index is -0.540. The first-order valence-electron chi connectivity index (χ1n) is 13.9. The molecule has 13 heteroatoms. The Labute approximate surface area is 241 Å². The molecule has 0 unspecified atom stereocenters. The molecule has 2 aromatic carbocycles. The molecule has 0 radical (unpaired) electrons. The van der Waals surface area contributed by atoms with E-state index in [-0.39, 0.29) is 63.7 Å². The van der Waals surface area contributed by atoms with Crippen molar-refractivity contribution in [3.8, 4) is 34.3 Å². The van der Waals surface area contributed by atoms with E-state index in [9.17, 15) is 29.9 Å². The van der Waals surface area contributed by atoms with Crippen LogP contribution in [0.1, 0.15) is 55.9 Å². The smallest absolute Gasteiger partial charge is 0.273 e. The number of piperidine rings is 1. The second-order valence-corrected chi connectivity index (χ2v) is 10.8. The molecule has 2 fully saturated rings. The molecule has 222 valence electrons. The zero-order valence-corrected chi connectivity index (χ0v) is 23.1. The number of nitrogens with zero attached hydrogens (tertiary/aromatic N) is 3. The van der Waals surface area contributed by atoms with Gasteiger partial charge in [0.2, 0.25) is 5.91 Å².